The normalized spacial score (nSPS) is 12.1. The smallest absolute Gasteiger partial charge is 0.189 e. The summed E-state index contributed by atoms with van der Waals surface area (Å²) in [6.07, 6.45) is 0. The Morgan fingerprint density at radius 2 is 2.19 bits per heavy atom. The first-order valence-corrected chi connectivity index (χ1v) is 5.73. The first-order chi connectivity index (χ1) is 6.88. The Kier molecular flexibility index (Phi) is 6.24. The molecule has 16 heavy (non-hydrogen) atoms. The van der Waals surface area contributed by atoms with Crippen molar-refractivity contribution in [2.24, 2.45) is 10.7 Å². The van der Waals surface area contributed by atoms with Gasteiger partial charge in [-0.2, -0.15) is 0 Å². The molecule has 6 heteroatoms. The molecule has 0 unspecified atom stereocenters. The second kappa shape index (κ2) is 6.39. The van der Waals surface area contributed by atoms with E-state index in [0.717, 1.165) is 10.6 Å². The Balaban J connectivity index is 0.00000225. The predicted molar refractivity (Wildman–Crippen MR) is 80.5 cm³/mol. The zero-order valence-electron chi connectivity index (χ0n) is 10.1. The van der Waals surface area contributed by atoms with Gasteiger partial charge in [0.1, 0.15) is 0 Å². The fourth-order valence-electron chi connectivity index (χ4n) is 1.06. The highest BCUT2D eigenvalue weighted by atomic mass is 127. The van der Waals surface area contributed by atoms with E-state index >= 15 is 0 Å². The van der Waals surface area contributed by atoms with Crippen LogP contribution in [0.4, 0.5) is 0 Å². The van der Waals surface area contributed by atoms with Gasteiger partial charge in [0.05, 0.1) is 17.7 Å². The third kappa shape index (κ3) is 5.64. The van der Waals surface area contributed by atoms with Crippen molar-refractivity contribution in [3.63, 3.8) is 0 Å². The number of aryl methyl sites for hydroxylation is 1. The van der Waals surface area contributed by atoms with E-state index in [9.17, 15) is 0 Å². The van der Waals surface area contributed by atoms with E-state index < -0.39 is 0 Å². The van der Waals surface area contributed by atoms with Crippen LogP contribution in [0.15, 0.2) is 10.5 Å². The SMILES string of the molecule is Cc1ncsc1CN=C(N)NC(C)(C)C.I. The first kappa shape index (κ1) is 15.6. The molecule has 3 N–H and O–H groups in total. The van der Waals surface area contributed by atoms with Gasteiger partial charge in [0.25, 0.3) is 0 Å². The largest absolute Gasteiger partial charge is 0.370 e. The summed E-state index contributed by atoms with van der Waals surface area (Å²) in [4.78, 5) is 9.58. The monoisotopic (exact) mass is 354 g/mol. The number of halogens is 1. The van der Waals surface area contributed by atoms with Crippen molar-refractivity contribution in [2.75, 3.05) is 0 Å². The van der Waals surface area contributed by atoms with Crippen molar-refractivity contribution in [1.82, 2.24) is 10.3 Å². The average molecular weight is 354 g/mol. The van der Waals surface area contributed by atoms with Crippen molar-refractivity contribution < 1.29 is 0 Å². The maximum Gasteiger partial charge on any atom is 0.189 e. The summed E-state index contributed by atoms with van der Waals surface area (Å²) in [6, 6.07) is 0. The quantitative estimate of drug-likeness (QED) is 0.487. The number of aromatic nitrogens is 1. The highest BCUT2D eigenvalue weighted by molar-refractivity contribution is 14.0. The minimum absolute atomic E-state index is 0. The minimum Gasteiger partial charge on any atom is -0.370 e. The molecule has 1 aromatic rings. The van der Waals surface area contributed by atoms with Crippen molar-refractivity contribution in [3.05, 3.63) is 16.1 Å². The number of aliphatic imine (C=N–C) groups is 1. The van der Waals surface area contributed by atoms with Gasteiger partial charge in [-0.05, 0) is 27.7 Å². The fraction of sp³-hybridized carbons (Fsp3) is 0.600. The highest BCUT2D eigenvalue weighted by Gasteiger charge is 2.09. The van der Waals surface area contributed by atoms with Gasteiger partial charge >= 0.3 is 0 Å². The summed E-state index contributed by atoms with van der Waals surface area (Å²) in [7, 11) is 0. The molecule has 0 amide bonds. The summed E-state index contributed by atoms with van der Waals surface area (Å²) in [5.41, 5.74) is 8.57. The molecule has 92 valence electrons. The van der Waals surface area contributed by atoms with Crippen LogP contribution in [0, 0.1) is 6.92 Å². The van der Waals surface area contributed by atoms with Crippen LogP contribution >= 0.6 is 35.3 Å². The number of rotatable bonds is 2. The Morgan fingerprint density at radius 3 is 2.62 bits per heavy atom. The van der Waals surface area contributed by atoms with E-state index in [4.69, 9.17) is 5.73 Å². The van der Waals surface area contributed by atoms with E-state index in [1.54, 1.807) is 11.3 Å². The van der Waals surface area contributed by atoms with Crippen LogP contribution in [-0.2, 0) is 6.54 Å². The lowest BCUT2D eigenvalue weighted by atomic mass is 10.1. The van der Waals surface area contributed by atoms with Gasteiger partial charge in [0.2, 0.25) is 0 Å². The predicted octanol–water partition coefficient (Wildman–Crippen LogP) is 2.27. The van der Waals surface area contributed by atoms with Gasteiger partial charge in [0.15, 0.2) is 5.96 Å². The molecule has 1 aromatic heterocycles. The molecule has 0 bridgehead atoms. The number of thiazole rings is 1. The average Bonchev–Trinajstić information content (AvgIpc) is 2.44. The molecule has 0 aliphatic heterocycles. The van der Waals surface area contributed by atoms with E-state index in [2.05, 4.69) is 15.3 Å². The van der Waals surface area contributed by atoms with Gasteiger partial charge < -0.3 is 11.1 Å². The van der Waals surface area contributed by atoms with Crippen molar-refractivity contribution >= 4 is 41.3 Å². The third-order valence-electron chi connectivity index (χ3n) is 1.74. The molecular formula is C10H19IN4S. The van der Waals surface area contributed by atoms with Crippen LogP contribution in [-0.4, -0.2) is 16.5 Å². The van der Waals surface area contributed by atoms with Gasteiger partial charge in [-0.15, -0.1) is 35.3 Å². The van der Waals surface area contributed by atoms with Crippen molar-refractivity contribution in [1.29, 1.82) is 0 Å². The molecule has 0 aliphatic carbocycles. The van der Waals surface area contributed by atoms with Crippen LogP contribution in [0.2, 0.25) is 0 Å². The van der Waals surface area contributed by atoms with Crippen LogP contribution < -0.4 is 11.1 Å². The van der Waals surface area contributed by atoms with Crippen LogP contribution in [0.3, 0.4) is 0 Å². The highest BCUT2D eigenvalue weighted by Crippen LogP contribution is 2.12. The second-order valence-electron chi connectivity index (χ2n) is 4.44. The summed E-state index contributed by atoms with van der Waals surface area (Å²) in [5.74, 6) is 0.482. The molecule has 0 aromatic carbocycles. The molecule has 0 saturated heterocycles. The Morgan fingerprint density at radius 1 is 1.56 bits per heavy atom. The zero-order chi connectivity index (χ0) is 11.5. The topological polar surface area (TPSA) is 63.3 Å². The molecule has 4 nitrogen and oxygen atoms in total. The Hall–Kier alpha value is -0.370. The van der Waals surface area contributed by atoms with E-state index in [0.29, 0.717) is 12.5 Å². The second-order valence-corrected chi connectivity index (χ2v) is 5.38. The molecule has 0 aliphatic rings. The summed E-state index contributed by atoms with van der Waals surface area (Å²) >= 11 is 1.61. The maximum atomic E-state index is 5.75. The molecule has 0 saturated carbocycles. The Labute approximate surface area is 118 Å². The number of nitrogens with one attached hydrogen (secondary N) is 1. The molecule has 1 rings (SSSR count). The van der Waals surface area contributed by atoms with Gasteiger partial charge in [-0.25, -0.2) is 9.98 Å². The number of guanidine groups is 1. The lowest BCUT2D eigenvalue weighted by Gasteiger charge is -2.20. The van der Waals surface area contributed by atoms with E-state index in [1.165, 1.54) is 0 Å². The van der Waals surface area contributed by atoms with E-state index in [1.807, 2.05) is 33.2 Å². The van der Waals surface area contributed by atoms with Crippen LogP contribution in [0.1, 0.15) is 31.3 Å². The lowest BCUT2D eigenvalue weighted by molar-refractivity contribution is 0.508. The molecular weight excluding hydrogens is 335 g/mol. The van der Waals surface area contributed by atoms with Gasteiger partial charge in [-0.1, -0.05) is 0 Å². The number of nitrogens with zero attached hydrogens (tertiary/aromatic N) is 2. The number of nitrogens with two attached hydrogens (primary N) is 1. The summed E-state index contributed by atoms with van der Waals surface area (Å²) < 4.78 is 0. The Bertz CT molecular complexity index is 354. The molecule has 1 heterocycles. The van der Waals surface area contributed by atoms with Crippen LogP contribution in [0.5, 0.6) is 0 Å². The summed E-state index contributed by atoms with van der Waals surface area (Å²) in [5, 5.41) is 3.11. The van der Waals surface area contributed by atoms with Crippen LogP contribution in [0.25, 0.3) is 0 Å². The number of hydrogen-bond acceptors (Lipinski definition) is 3. The third-order valence-corrected chi connectivity index (χ3v) is 2.66. The molecule has 0 atom stereocenters. The fourth-order valence-corrected chi connectivity index (χ4v) is 1.76. The lowest BCUT2D eigenvalue weighted by Crippen LogP contribution is -2.44. The van der Waals surface area contributed by atoms with Gasteiger partial charge in [-0.3, -0.25) is 0 Å². The van der Waals surface area contributed by atoms with E-state index in [-0.39, 0.29) is 29.5 Å². The molecule has 0 spiro atoms. The van der Waals surface area contributed by atoms with Gasteiger partial charge in [0, 0.05) is 10.4 Å². The summed E-state index contributed by atoms with van der Waals surface area (Å²) in [6.45, 7) is 8.73. The van der Waals surface area contributed by atoms with Crippen molar-refractivity contribution in [2.45, 2.75) is 39.8 Å². The molecule has 0 fully saturated rings. The standard InChI is InChI=1S/C10H18N4S.HI/c1-7-8(15-6-13-7)5-12-9(11)14-10(2,3)4;/h6H,5H2,1-4H3,(H3,11,12,14);1H. The number of hydrogen-bond donors (Lipinski definition) is 2. The minimum atomic E-state index is -0.0453. The van der Waals surface area contributed by atoms with Crippen molar-refractivity contribution in [3.8, 4) is 0 Å². The molecule has 0 radical (unpaired) electrons. The first-order valence-electron chi connectivity index (χ1n) is 4.85. The zero-order valence-corrected chi connectivity index (χ0v) is 13.2. The maximum absolute atomic E-state index is 5.75.